The highest BCUT2D eigenvalue weighted by molar-refractivity contribution is 7.86. The molecule has 8 heteroatoms. The third-order valence-electron chi connectivity index (χ3n) is 3.53. The van der Waals surface area contributed by atoms with E-state index in [4.69, 9.17) is 14.5 Å². The van der Waals surface area contributed by atoms with Crippen molar-refractivity contribution in [2.75, 3.05) is 6.26 Å². The SMILES string of the molecule is CS(=O)(=O)OC1C(N=[N+]=[N-])CCCC1OCc1ccccc1. The zero-order valence-electron chi connectivity index (χ0n) is 12.3. The van der Waals surface area contributed by atoms with E-state index in [-0.39, 0.29) is 0 Å². The Morgan fingerprint density at radius 3 is 2.68 bits per heavy atom. The minimum absolute atomic E-state index is 0.359. The average Bonchev–Trinajstić information content (AvgIpc) is 2.47. The Morgan fingerprint density at radius 2 is 2.05 bits per heavy atom. The van der Waals surface area contributed by atoms with E-state index in [0.717, 1.165) is 18.2 Å². The molecule has 1 aromatic rings. The number of rotatable bonds is 6. The molecule has 0 spiro atoms. The summed E-state index contributed by atoms with van der Waals surface area (Å²) in [6.07, 6.45) is 1.86. The highest BCUT2D eigenvalue weighted by Crippen LogP contribution is 2.28. The van der Waals surface area contributed by atoms with Gasteiger partial charge in [0.1, 0.15) is 6.10 Å². The fraction of sp³-hybridized carbons (Fsp3) is 0.571. The molecular formula is C14H19N3O4S. The van der Waals surface area contributed by atoms with Crippen LogP contribution in [0.5, 0.6) is 0 Å². The van der Waals surface area contributed by atoms with E-state index >= 15 is 0 Å². The van der Waals surface area contributed by atoms with Crippen molar-refractivity contribution in [3.8, 4) is 0 Å². The van der Waals surface area contributed by atoms with Crippen LogP contribution in [-0.4, -0.2) is 32.9 Å². The lowest BCUT2D eigenvalue weighted by Gasteiger charge is -2.34. The second-order valence-corrected chi connectivity index (χ2v) is 6.90. The van der Waals surface area contributed by atoms with Crippen molar-refractivity contribution >= 4 is 10.1 Å². The number of azide groups is 1. The summed E-state index contributed by atoms with van der Waals surface area (Å²) in [5.41, 5.74) is 9.63. The third-order valence-corrected chi connectivity index (χ3v) is 4.10. The quantitative estimate of drug-likeness (QED) is 0.347. The summed E-state index contributed by atoms with van der Waals surface area (Å²) >= 11 is 0. The van der Waals surface area contributed by atoms with E-state index in [1.54, 1.807) is 0 Å². The van der Waals surface area contributed by atoms with Gasteiger partial charge in [-0.05, 0) is 23.9 Å². The van der Waals surface area contributed by atoms with Gasteiger partial charge in [-0.15, -0.1) is 0 Å². The van der Waals surface area contributed by atoms with Gasteiger partial charge in [0, 0.05) is 4.91 Å². The first-order valence-corrected chi connectivity index (χ1v) is 8.89. The van der Waals surface area contributed by atoms with Crippen molar-refractivity contribution in [1.29, 1.82) is 0 Å². The van der Waals surface area contributed by atoms with Crippen molar-refractivity contribution in [3.05, 3.63) is 46.3 Å². The molecule has 1 aliphatic rings. The molecule has 1 fully saturated rings. The maximum atomic E-state index is 11.5. The van der Waals surface area contributed by atoms with Gasteiger partial charge in [-0.2, -0.15) is 8.42 Å². The molecule has 1 saturated carbocycles. The molecule has 0 aromatic heterocycles. The van der Waals surface area contributed by atoms with Gasteiger partial charge in [0.25, 0.3) is 10.1 Å². The van der Waals surface area contributed by atoms with Crippen molar-refractivity contribution in [1.82, 2.24) is 0 Å². The van der Waals surface area contributed by atoms with Crippen molar-refractivity contribution in [2.45, 2.75) is 44.1 Å². The zero-order chi connectivity index (χ0) is 16.0. The van der Waals surface area contributed by atoms with Gasteiger partial charge in [-0.3, -0.25) is 4.18 Å². The van der Waals surface area contributed by atoms with Crippen LogP contribution in [0.2, 0.25) is 0 Å². The van der Waals surface area contributed by atoms with Gasteiger partial charge >= 0.3 is 0 Å². The molecule has 22 heavy (non-hydrogen) atoms. The monoisotopic (exact) mass is 325 g/mol. The number of benzene rings is 1. The molecule has 0 N–H and O–H groups in total. The molecule has 0 saturated heterocycles. The van der Waals surface area contributed by atoms with E-state index in [1.165, 1.54) is 0 Å². The van der Waals surface area contributed by atoms with Gasteiger partial charge in [0.2, 0.25) is 0 Å². The van der Waals surface area contributed by atoms with Gasteiger partial charge in [0.15, 0.2) is 0 Å². The highest BCUT2D eigenvalue weighted by Gasteiger charge is 2.37. The average molecular weight is 325 g/mol. The topological polar surface area (TPSA) is 101 Å². The summed E-state index contributed by atoms with van der Waals surface area (Å²) in [7, 11) is -3.65. The summed E-state index contributed by atoms with van der Waals surface area (Å²) in [6, 6.07) is 9.06. The summed E-state index contributed by atoms with van der Waals surface area (Å²) in [6.45, 7) is 0.359. The van der Waals surface area contributed by atoms with Crippen LogP contribution in [0.15, 0.2) is 35.4 Å². The molecule has 1 aliphatic carbocycles. The third kappa shape index (κ3) is 4.99. The summed E-state index contributed by atoms with van der Waals surface area (Å²) in [5, 5.41) is 3.67. The molecule has 0 amide bonds. The van der Waals surface area contributed by atoms with Crippen molar-refractivity contribution in [2.24, 2.45) is 5.11 Å². The highest BCUT2D eigenvalue weighted by atomic mass is 32.2. The van der Waals surface area contributed by atoms with Crippen LogP contribution < -0.4 is 0 Å². The number of ether oxygens (including phenoxy) is 1. The Morgan fingerprint density at radius 1 is 1.32 bits per heavy atom. The zero-order valence-corrected chi connectivity index (χ0v) is 13.1. The summed E-state index contributed by atoms with van der Waals surface area (Å²) in [4.78, 5) is 2.79. The van der Waals surface area contributed by atoms with Crippen LogP contribution in [-0.2, 0) is 25.6 Å². The minimum Gasteiger partial charge on any atom is -0.371 e. The second kappa shape index (κ2) is 7.60. The molecule has 0 heterocycles. The van der Waals surface area contributed by atoms with Gasteiger partial charge in [-0.25, -0.2) is 0 Å². The predicted octanol–water partition coefficient (Wildman–Crippen LogP) is 2.78. The normalized spacial score (nSPS) is 25.4. The molecule has 1 aromatic carbocycles. The lowest BCUT2D eigenvalue weighted by atomic mass is 9.90. The number of hydrogen-bond donors (Lipinski definition) is 0. The molecule has 0 bridgehead atoms. The summed E-state index contributed by atoms with van der Waals surface area (Å²) in [5.74, 6) is 0. The van der Waals surface area contributed by atoms with Crippen LogP contribution in [0.3, 0.4) is 0 Å². The lowest BCUT2D eigenvalue weighted by molar-refractivity contribution is -0.0604. The smallest absolute Gasteiger partial charge is 0.264 e. The van der Waals surface area contributed by atoms with Crippen LogP contribution >= 0.6 is 0 Å². The van der Waals surface area contributed by atoms with E-state index in [0.29, 0.717) is 19.4 Å². The minimum atomic E-state index is -3.65. The largest absolute Gasteiger partial charge is 0.371 e. The van der Waals surface area contributed by atoms with Crippen LogP contribution in [0.1, 0.15) is 24.8 Å². The van der Waals surface area contributed by atoms with E-state index in [9.17, 15) is 8.42 Å². The second-order valence-electron chi connectivity index (χ2n) is 5.30. The Labute approximate surface area is 130 Å². The first-order chi connectivity index (χ1) is 10.5. The first kappa shape index (κ1) is 16.8. The van der Waals surface area contributed by atoms with E-state index in [1.807, 2.05) is 30.3 Å². The molecule has 0 aliphatic heterocycles. The van der Waals surface area contributed by atoms with Crippen LogP contribution in [0, 0.1) is 0 Å². The Bertz CT molecular complexity index is 629. The summed E-state index contributed by atoms with van der Waals surface area (Å²) < 4.78 is 33.9. The number of hydrogen-bond acceptors (Lipinski definition) is 5. The van der Waals surface area contributed by atoms with E-state index in [2.05, 4.69) is 10.0 Å². The number of nitrogens with zero attached hydrogens (tertiary/aromatic N) is 3. The predicted molar refractivity (Wildman–Crippen MR) is 81.5 cm³/mol. The van der Waals surface area contributed by atoms with Gasteiger partial charge < -0.3 is 4.74 Å². The van der Waals surface area contributed by atoms with Crippen molar-refractivity contribution in [3.63, 3.8) is 0 Å². The lowest BCUT2D eigenvalue weighted by Crippen LogP contribution is -2.44. The molecule has 3 atom stereocenters. The van der Waals surface area contributed by atoms with Gasteiger partial charge in [-0.1, -0.05) is 41.9 Å². The van der Waals surface area contributed by atoms with E-state index < -0.39 is 28.4 Å². The Kier molecular flexibility index (Phi) is 5.79. The van der Waals surface area contributed by atoms with Crippen LogP contribution in [0.4, 0.5) is 0 Å². The molecule has 0 radical (unpaired) electrons. The first-order valence-electron chi connectivity index (χ1n) is 7.07. The molecule has 120 valence electrons. The maximum Gasteiger partial charge on any atom is 0.264 e. The fourth-order valence-electron chi connectivity index (χ4n) is 2.58. The van der Waals surface area contributed by atoms with Gasteiger partial charge in [0.05, 0.1) is 25.0 Å². The standard InChI is InChI=1S/C14H19N3O4S/c1-22(18,19)21-14-12(16-17-15)8-5-9-13(14)20-10-11-6-3-2-4-7-11/h2-4,6-7,12-14H,5,8-10H2,1H3. The Hall–Kier alpha value is -1.60. The maximum absolute atomic E-state index is 11.5. The Balaban J connectivity index is 2.09. The molecule has 2 rings (SSSR count). The molecule has 3 unspecified atom stereocenters. The van der Waals surface area contributed by atoms with Crippen LogP contribution in [0.25, 0.3) is 10.4 Å². The molecular weight excluding hydrogens is 306 g/mol. The van der Waals surface area contributed by atoms with Crippen molar-refractivity contribution < 1.29 is 17.3 Å². The fourth-order valence-corrected chi connectivity index (χ4v) is 3.23. The molecule has 7 nitrogen and oxygen atoms in total.